The number of sulfone groups is 1. The standard InChI is InChI=1S/C23H31N3O5S/c1-4-31-21-14-16(10-11-20(21)30-2)19(15-32(3,28)29)25-18-9-7-8-17(22(18)24)23(27)26-12-5-6-13-26/h7-11,14,19,25H,4-6,12-13,15,24H2,1-3H3/t19-/m1/s1. The summed E-state index contributed by atoms with van der Waals surface area (Å²) in [5, 5.41) is 3.24. The number of methoxy groups -OCH3 is 1. The molecule has 1 aliphatic rings. The molecule has 1 fully saturated rings. The SMILES string of the molecule is CCOc1cc([C@@H](CS(C)(=O)=O)Nc2cccc(C(=O)N3CCCC3)c2N)ccc1OC. The van der Waals surface area contributed by atoms with Gasteiger partial charge in [0.1, 0.15) is 9.84 Å². The molecule has 0 saturated carbocycles. The second kappa shape index (κ2) is 10.1. The van der Waals surface area contributed by atoms with E-state index in [1.165, 1.54) is 6.26 Å². The van der Waals surface area contributed by atoms with Gasteiger partial charge in [-0.05, 0) is 49.6 Å². The number of hydrogen-bond donors (Lipinski definition) is 2. The Hall–Kier alpha value is -2.94. The molecule has 32 heavy (non-hydrogen) atoms. The smallest absolute Gasteiger partial charge is 0.256 e. The number of hydrogen-bond acceptors (Lipinski definition) is 7. The minimum atomic E-state index is -3.34. The number of anilines is 2. The summed E-state index contributed by atoms with van der Waals surface area (Å²) in [6, 6.07) is 9.90. The molecule has 1 aliphatic heterocycles. The summed E-state index contributed by atoms with van der Waals surface area (Å²) in [5.41, 5.74) is 8.30. The highest BCUT2D eigenvalue weighted by molar-refractivity contribution is 7.90. The molecule has 0 unspecified atom stereocenters. The molecule has 1 amide bonds. The van der Waals surface area contributed by atoms with Gasteiger partial charge in [0, 0.05) is 19.3 Å². The van der Waals surface area contributed by atoms with Crippen LogP contribution in [0.1, 0.15) is 41.7 Å². The minimum absolute atomic E-state index is 0.105. The van der Waals surface area contributed by atoms with Crippen LogP contribution in [0.4, 0.5) is 11.4 Å². The highest BCUT2D eigenvalue weighted by Gasteiger charge is 2.24. The molecule has 8 nitrogen and oxygen atoms in total. The molecule has 1 atom stereocenters. The maximum atomic E-state index is 12.9. The zero-order chi connectivity index (χ0) is 23.3. The van der Waals surface area contributed by atoms with Crippen molar-refractivity contribution in [2.75, 3.05) is 49.9 Å². The number of carbonyl (C=O) groups is 1. The molecular formula is C23H31N3O5S. The van der Waals surface area contributed by atoms with E-state index >= 15 is 0 Å². The van der Waals surface area contributed by atoms with Crippen LogP contribution in [-0.2, 0) is 9.84 Å². The molecule has 3 rings (SSSR count). The van der Waals surface area contributed by atoms with Gasteiger partial charge in [-0.3, -0.25) is 4.79 Å². The van der Waals surface area contributed by atoms with Crippen LogP contribution in [0.3, 0.4) is 0 Å². The Kier molecular flexibility index (Phi) is 7.50. The van der Waals surface area contributed by atoms with E-state index in [1.807, 2.05) is 6.92 Å². The quantitative estimate of drug-likeness (QED) is 0.552. The average molecular weight is 462 g/mol. The van der Waals surface area contributed by atoms with Crippen molar-refractivity contribution >= 4 is 27.1 Å². The normalized spacial score (nSPS) is 14.8. The number of nitrogens with one attached hydrogen (secondary N) is 1. The van der Waals surface area contributed by atoms with Crippen molar-refractivity contribution in [2.45, 2.75) is 25.8 Å². The number of nitrogens with zero attached hydrogens (tertiary/aromatic N) is 1. The zero-order valence-corrected chi connectivity index (χ0v) is 19.6. The number of nitrogens with two attached hydrogens (primary N) is 1. The van der Waals surface area contributed by atoms with Crippen molar-refractivity contribution in [3.05, 3.63) is 47.5 Å². The molecule has 174 valence electrons. The number of carbonyl (C=O) groups excluding carboxylic acids is 1. The first-order valence-electron chi connectivity index (χ1n) is 10.7. The van der Waals surface area contributed by atoms with E-state index in [4.69, 9.17) is 15.2 Å². The first-order chi connectivity index (χ1) is 15.2. The van der Waals surface area contributed by atoms with E-state index in [0.717, 1.165) is 25.9 Å². The third kappa shape index (κ3) is 5.64. The minimum Gasteiger partial charge on any atom is -0.493 e. The summed E-state index contributed by atoms with van der Waals surface area (Å²) in [4.78, 5) is 14.7. The van der Waals surface area contributed by atoms with Gasteiger partial charge in [-0.1, -0.05) is 12.1 Å². The van der Waals surface area contributed by atoms with Gasteiger partial charge in [0.05, 0.1) is 42.4 Å². The summed E-state index contributed by atoms with van der Waals surface area (Å²) in [6.45, 7) is 3.75. The summed E-state index contributed by atoms with van der Waals surface area (Å²) < 4.78 is 35.4. The van der Waals surface area contributed by atoms with Crippen molar-refractivity contribution < 1.29 is 22.7 Å². The topological polar surface area (TPSA) is 111 Å². The third-order valence-electron chi connectivity index (χ3n) is 5.42. The van der Waals surface area contributed by atoms with Crippen LogP contribution in [-0.4, -0.2) is 58.0 Å². The van der Waals surface area contributed by atoms with Crippen molar-refractivity contribution in [1.82, 2.24) is 4.90 Å². The molecule has 0 spiro atoms. The maximum Gasteiger partial charge on any atom is 0.256 e. The van der Waals surface area contributed by atoms with E-state index in [1.54, 1.807) is 48.4 Å². The molecule has 3 N–H and O–H groups in total. The Balaban J connectivity index is 1.95. The molecule has 0 radical (unpaired) electrons. The summed E-state index contributed by atoms with van der Waals surface area (Å²) in [5.74, 6) is 0.825. The van der Waals surface area contributed by atoms with Crippen molar-refractivity contribution in [3.63, 3.8) is 0 Å². The molecule has 0 aromatic heterocycles. The van der Waals surface area contributed by atoms with Crippen LogP contribution in [0.15, 0.2) is 36.4 Å². The lowest BCUT2D eigenvalue weighted by Gasteiger charge is -2.23. The van der Waals surface area contributed by atoms with Crippen LogP contribution in [0.5, 0.6) is 11.5 Å². The molecular weight excluding hydrogens is 430 g/mol. The molecule has 1 saturated heterocycles. The van der Waals surface area contributed by atoms with Crippen molar-refractivity contribution in [1.29, 1.82) is 0 Å². The molecule has 1 heterocycles. The van der Waals surface area contributed by atoms with E-state index in [2.05, 4.69) is 5.32 Å². The fourth-order valence-electron chi connectivity index (χ4n) is 3.86. The Bertz CT molecular complexity index is 1070. The number of likely N-dealkylation sites (tertiary alicyclic amines) is 1. The predicted octanol–water partition coefficient (Wildman–Crippen LogP) is 3.11. The second-order valence-electron chi connectivity index (χ2n) is 7.90. The first kappa shape index (κ1) is 23.7. The number of rotatable bonds is 9. The first-order valence-corrected chi connectivity index (χ1v) is 12.7. The largest absolute Gasteiger partial charge is 0.493 e. The van der Waals surface area contributed by atoms with Gasteiger partial charge >= 0.3 is 0 Å². The van der Waals surface area contributed by atoms with E-state index in [9.17, 15) is 13.2 Å². The number of para-hydroxylation sites is 1. The Morgan fingerprint density at radius 3 is 2.53 bits per heavy atom. The highest BCUT2D eigenvalue weighted by Crippen LogP contribution is 2.34. The van der Waals surface area contributed by atoms with E-state index < -0.39 is 15.9 Å². The van der Waals surface area contributed by atoms with Gasteiger partial charge in [0.15, 0.2) is 11.5 Å². The molecule has 0 bridgehead atoms. The zero-order valence-electron chi connectivity index (χ0n) is 18.8. The fraction of sp³-hybridized carbons (Fsp3) is 0.435. The van der Waals surface area contributed by atoms with E-state index in [-0.39, 0.29) is 11.7 Å². The van der Waals surface area contributed by atoms with Gasteiger partial charge in [-0.15, -0.1) is 0 Å². The lowest BCUT2D eigenvalue weighted by atomic mass is 10.1. The molecule has 9 heteroatoms. The van der Waals surface area contributed by atoms with Crippen LogP contribution >= 0.6 is 0 Å². The van der Waals surface area contributed by atoms with Crippen molar-refractivity contribution in [2.24, 2.45) is 0 Å². The highest BCUT2D eigenvalue weighted by atomic mass is 32.2. The Morgan fingerprint density at radius 2 is 1.91 bits per heavy atom. The van der Waals surface area contributed by atoms with Crippen LogP contribution in [0, 0.1) is 0 Å². The number of benzene rings is 2. The van der Waals surface area contributed by atoms with E-state index in [0.29, 0.717) is 40.6 Å². The van der Waals surface area contributed by atoms with Gasteiger partial charge < -0.3 is 25.4 Å². The monoisotopic (exact) mass is 461 g/mol. The summed E-state index contributed by atoms with van der Waals surface area (Å²) in [7, 11) is -1.79. The number of ether oxygens (including phenoxy) is 2. The van der Waals surface area contributed by atoms with Crippen LogP contribution in [0.2, 0.25) is 0 Å². The van der Waals surface area contributed by atoms with Gasteiger partial charge in [0.2, 0.25) is 0 Å². The lowest BCUT2D eigenvalue weighted by Crippen LogP contribution is -2.28. The molecule has 2 aromatic carbocycles. The average Bonchev–Trinajstić information content (AvgIpc) is 3.28. The van der Waals surface area contributed by atoms with Gasteiger partial charge in [-0.25, -0.2) is 8.42 Å². The van der Waals surface area contributed by atoms with Gasteiger partial charge in [-0.2, -0.15) is 0 Å². The Morgan fingerprint density at radius 1 is 1.19 bits per heavy atom. The fourth-order valence-corrected chi connectivity index (χ4v) is 4.74. The predicted molar refractivity (Wildman–Crippen MR) is 126 cm³/mol. The molecule has 2 aromatic rings. The maximum absolute atomic E-state index is 12.9. The summed E-state index contributed by atoms with van der Waals surface area (Å²) in [6.07, 6.45) is 3.16. The van der Waals surface area contributed by atoms with Crippen molar-refractivity contribution in [3.8, 4) is 11.5 Å². The Labute approximate surface area is 189 Å². The molecule has 0 aliphatic carbocycles. The lowest BCUT2D eigenvalue weighted by molar-refractivity contribution is 0.0794. The third-order valence-corrected chi connectivity index (χ3v) is 6.36. The van der Waals surface area contributed by atoms with Crippen LogP contribution < -0.4 is 20.5 Å². The van der Waals surface area contributed by atoms with Gasteiger partial charge in [0.25, 0.3) is 5.91 Å². The second-order valence-corrected chi connectivity index (χ2v) is 10.1. The number of nitrogen functional groups attached to an aromatic ring is 1. The van der Waals surface area contributed by atoms with Crippen LogP contribution in [0.25, 0.3) is 0 Å². The number of amides is 1. The summed E-state index contributed by atoms with van der Waals surface area (Å²) >= 11 is 0.